The van der Waals surface area contributed by atoms with Crippen LogP contribution in [0.2, 0.25) is 0 Å². The van der Waals surface area contributed by atoms with E-state index in [4.69, 9.17) is 5.73 Å². The first-order chi connectivity index (χ1) is 9.56. The molecule has 6 nitrogen and oxygen atoms in total. The van der Waals surface area contributed by atoms with Gasteiger partial charge in [0.25, 0.3) is 11.6 Å². The molecule has 1 aromatic rings. The van der Waals surface area contributed by atoms with Crippen LogP contribution in [0.3, 0.4) is 0 Å². The van der Waals surface area contributed by atoms with E-state index in [0.717, 1.165) is 25.7 Å². The number of piperidine rings is 1. The van der Waals surface area contributed by atoms with Crippen molar-refractivity contribution in [3.05, 3.63) is 33.9 Å². The van der Waals surface area contributed by atoms with Gasteiger partial charge < -0.3 is 10.6 Å². The molecule has 20 heavy (non-hydrogen) atoms. The zero-order valence-corrected chi connectivity index (χ0v) is 11.5. The van der Waals surface area contributed by atoms with E-state index in [0.29, 0.717) is 6.54 Å². The van der Waals surface area contributed by atoms with Crippen LogP contribution in [-0.2, 0) is 0 Å². The van der Waals surface area contributed by atoms with Gasteiger partial charge in [-0.2, -0.15) is 0 Å². The van der Waals surface area contributed by atoms with Gasteiger partial charge in [0.15, 0.2) is 0 Å². The molecule has 1 saturated heterocycles. The van der Waals surface area contributed by atoms with Crippen LogP contribution in [0.5, 0.6) is 0 Å². The lowest BCUT2D eigenvalue weighted by atomic mass is 9.98. The first kappa shape index (κ1) is 14.3. The summed E-state index contributed by atoms with van der Waals surface area (Å²) in [6, 6.07) is 4.59. The van der Waals surface area contributed by atoms with E-state index in [-0.39, 0.29) is 28.9 Å². The predicted octanol–water partition coefficient (Wildman–Crippen LogP) is 2.58. The third-order valence-corrected chi connectivity index (χ3v) is 3.87. The van der Waals surface area contributed by atoms with Gasteiger partial charge in [0.05, 0.1) is 10.5 Å². The molecule has 108 valence electrons. The van der Waals surface area contributed by atoms with Crippen LogP contribution in [-0.4, -0.2) is 28.3 Å². The maximum absolute atomic E-state index is 12.6. The Morgan fingerprint density at radius 3 is 2.90 bits per heavy atom. The van der Waals surface area contributed by atoms with E-state index >= 15 is 0 Å². The molecule has 0 radical (unpaired) electrons. The van der Waals surface area contributed by atoms with Crippen molar-refractivity contribution >= 4 is 17.3 Å². The smallest absolute Gasteiger partial charge is 0.292 e. The maximum Gasteiger partial charge on any atom is 0.292 e. The normalized spacial score (nSPS) is 18.9. The fourth-order valence-corrected chi connectivity index (χ4v) is 2.75. The van der Waals surface area contributed by atoms with Crippen molar-refractivity contribution in [2.24, 2.45) is 0 Å². The monoisotopic (exact) mass is 277 g/mol. The van der Waals surface area contributed by atoms with Gasteiger partial charge in [-0.25, -0.2) is 0 Å². The third kappa shape index (κ3) is 2.59. The van der Waals surface area contributed by atoms with Crippen LogP contribution in [0.4, 0.5) is 11.4 Å². The van der Waals surface area contributed by atoms with Gasteiger partial charge in [-0.1, -0.05) is 13.0 Å². The summed E-state index contributed by atoms with van der Waals surface area (Å²) in [6.07, 6.45) is 3.96. The van der Waals surface area contributed by atoms with Gasteiger partial charge in [-0.15, -0.1) is 0 Å². The Kier molecular flexibility index (Phi) is 4.22. The summed E-state index contributed by atoms with van der Waals surface area (Å²) in [5.41, 5.74) is 5.78. The van der Waals surface area contributed by atoms with Gasteiger partial charge in [-0.3, -0.25) is 14.9 Å². The van der Waals surface area contributed by atoms with E-state index in [1.807, 2.05) is 6.92 Å². The molecular weight excluding hydrogens is 258 g/mol. The summed E-state index contributed by atoms with van der Waals surface area (Å²) < 4.78 is 0. The summed E-state index contributed by atoms with van der Waals surface area (Å²) in [6.45, 7) is 2.74. The molecule has 1 aliphatic rings. The van der Waals surface area contributed by atoms with E-state index in [1.54, 1.807) is 11.0 Å². The van der Waals surface area contributed by atoms with E-state index < -0.39 is 4.92 Å². The van der Waals surface area contributed by atoms with Gasteiger partial charge in [0, 0.05) is 18.7 Å². The van der Waals surface area contributed by atoms with Gasteiger partial charge in [0.1, 0.15) is 5.69 Å². The van der Waals surface area contributed by atoms with E-state index in [9.17, 15) is 14.9 Å². The van der Waals surface area contributed by atoms with Crippen LogP contribution in [0.1, 0.15) is 43.0 Å². The zero-order chi connectivity index (χ0) is 14.7. The number of carbonyl (C=O) groups excluding carboxylic acids is 1. The van der Waals surface area contributed by atoms with Crippen molar-refractivity contribution < 1.29 is 9.72 Å². The second-order valence-corrected chi connectivity index (χ2v) is 5.05. The van der Waals surface area contributed by atoms with Crippen LogP contribution in [0.15, 0.2) is 18.2 Å². The van der Waals surface area contributed by atoms with Crippen molar-refractivity contribution in [2.45, 2.75) is 38.6 Å². The highest BCUT2D eigenvalue weighted by atomic mass is 16.6. The predicted molar refractivity (Wildman–Crippen MR) is 76.5 cm³/mol. The Balaban J connectivity index is 2.33. The Morgan fingerprint density at radius 1 is 1.50 bits per heavy atom. The molecule has 1 heterocycles. The number of nitro benzene ring substituents is 1. The number of benzene rings is 1. The second kappa shape index (κ2) is 5.90. The number of para-hydroxylation sites is 1. The number of nitro groups is 1. The number of anilines is 1. The SMILES string of the molecule is CCC1CCCCN1C(=O)c1cccc([N+](=O)[O-])c1N. The first-order valence-corrected chi connectivity index (χ1v) is 6.90. The van der Waals surface area contributed by atoms with Crippen molar-refractivity contribution in [2.75, 3.05) is 12.3 Å². The Labute approximate surface area is 117 Å². The van der Waals surface area contributed by atoms with E-state index in [1.165, 1.54) is 12.1 Å². The molecule has 2 N–H and O–H groups in total. The van der Waals surface area contributed by atoms with Gasteiger partial charge in [0.2, 0.25) is 0 Å². The standard InChI is InChI=1S/C14H19N3O3/c1-2-10-6-3-4-9-16(10)14(18)11-7-5-8-12(13(11)15)17(19)20/h5,7-8,10H,2-4,6,9,15H2,1H3. The summed E-state index contributed by atoms with van der Waals surface area (Å²) in [7, 11) is 0. The molecule has 2 rings (SSSR count). The van der Waals surface area contributed by atoms with Crippen LogP contribution >= 0.6 is 0 Å². The number of likely N-dealkylation sites (tertiary alicyclic amines) is 1. The molecule has 1 atom stereocenters. The quantitative estimate of drug-likeness (QED) is 0.522. The minimum atomic E-state index is -0.556. The lowest BCUT2D eigenvalue weighted by molar-refractivity contribution is -0.383. The summed E-state index contributed by atoms with van der Waals surface area (Å²) in [5.74, 6) is -0.197. The molecular formula is C14H19N3O3. The number of nitrogens with two attached hydrogens (primary N) is 1. The minimum Gasteiger partial charge on any atom is -0.393 e. The molecule has 0 bridgehead atoms. The van der Waals surface area contributed by atoms with Crippen LogP contribution < -0.4 is 5.73 Å². The Hall–Kier alpha value is -2.11. The highest BCUT2D eigenvalue weighted by Crippen LogP contribution is 2.28. The lowest BCUT2D eigenvalue weighted by Gasteiger charge is -2.35. The molecule has 0 saturated carbocycles. The van der Waals surface area contributed by atoms with Crippen LogP contribution in [0.25, 0.3) is 0 Å². The molecule has 6 heteroatoms. The van der Waals surface area contributed by atoms with Crippen LogP contribution in [0, 0.1) is 10.1 Å². The average Bonchev–Trinajstić information content (AvgIpc) is 2.46. The topological polar surface area (TPSA) is 89.5 Å². The minimum absolute atomic E-state index is 0.0390. The Morgan fingerprint density at radius 2 is 2.25 bits per heavy atom. The molecule has 0 aromatic heterocycles. The highest BCUT2D eigenvalue weighted by Gasteiger charge is 2.29. The molecule has 1 unspecified atom stereocenters. The van der Waals surface area contributed by atoms with Crippen molar-refractivity contribution in [1.29, 1.82) is 0 Å². The van der Waals surface area contributed by atoms with Gasteiger partial charge >= 0.3 is 0 Å². The fraction of sp³-hybridized carbons (Fsp3) is 0.500. The molecule has 1 aromatic carbocycles. The second-order valence-electron chi connectivity index (χ2n) is 5.05. The number of nitrogens with zero attached hydrogens (tertiary/aromatic N) is 2. The molecule has 1 fully saturated rings. The molecule has 1 amide bonds. The fourth-order valence-electron chi connectivity index (χ4n) is 2.75. The number of carbonyl (C=O) groups is 1. The maximum atomic E-state index is 12.6. The third-order valence-electron chi connectivity index (χ3n) is 3.87. The van der Waals surface area contributed by atoms with Crippen molar-refractivity contribution in [3.8, 4) is 0 Å². The zero-order valence-electron chi connectivity index (χ0n) is 11.5. The largest absolute Gasteiger partial charge is 0.393 e. The Bertz CT molecular complexity index is 530. The summed E-state index contributed by atoms with van der Waals surface area (Å²) >= 11 is 0. The number of nitrogen functional groups attached to an aromatic ring is 1. The number of hydrogen-bond donors (Lipinski definition) is 1. The summed E-state index contributed by atoms with van der Waals surface area (Å²) in [5, 5.41) is 10.9. The summed E-state index contributed by atoms with van der Waals surface area (Å²) in [4.78, 5) is 24.7. The van der Waals surface area contributed by atoms with Crippen molar-refractivity contribution in [1.82, 2.24) is 4.90 Å². The molecule has 1 aliphatic heterocycles. The average molecular weight is 277 g/mol. The van der Waals surface area contributed by atoms with E-state index in [2.05, 4.69) is 0 Å². The highest BCUT2D eigenvalue weighted by molar-refractivity contribution is 6.01. The number of amides is 1. The number of rotatable bonds is 3. The molecule has 0 spiro atoms. The van der Waals surface area contributed by atoms with Crippen molar-refractivity contribution in [3.63, 3.8) is 0 Å². The number of hydrogen-bond acceptors (Lipinski definition) is 4. The van der Waals surface area contributed by atoms with Gasteiger partial charge in [-0.05, 0) is 31.7 Å². The molecule has 0 aliphatic carbocycles. The first-order valence-electron chi connectivity index (χ1n) is 6.90. The lowest BCUT2D eigenvalue weighted by Crippen LogP contribution is -2.43.